The Bertz CT molecular complexity index is 397. The van der Waals surface area contributed by atoms with Crippen LogP contribution in [0.4, 0.5) is 11.6 Å². The van der Waals surface area contributed by atoms with E-state index in [0.29, 0.717) is 5.82 Å². The Labute approximate surface area is 100 Å². The highest BCUT2D eigenvalue weighted by atomic mass is 16.5. The summed E-state index contributed by atoms with van der Waals surface area (Å²) in [6.07, 6.45) is 3.97. The first-order valence-corrected chi connectivity index (χ1v) is 5.67. The third kappa shape index (κ3) is 3.57. The van der Waals surface area contributed by atoms with E-state index in [0.717, 1.165) is 31.8 Å². The van der Waals surface area contributed by atoms with Crippen molar-refractivity contribution in [1.82, 2.24) is 9.97 Å². The molecule has 0 saturated carbocycles. The fourth-order valence-corrected chi connectivity index (χ4v) is 1.70. The molecule has 1 saturated heterocycles. The smallest absolute Gasteiger partial charge is 0.132 e. The molecule has 0 aliphatic carbocycles. The number of aromatic nitrogens is 2. The maximum Gasteiger partial charge on any atom is 0.132 e. The first-order valence-electron chi connectivity index (χ1n) is 5.67. The van der Waals surface area contributed by atoms with Crippen LogP contribution < -0.4 is 10.6 Å². The second-order valence-electron chi connectivity index (χ2n) is 3.82. The van der Waals surface area contributed by atoms with Crippen LogP contribution in [0.2, 0.25) is 0 Å². The molecule has 1 fully saturated rings. The highest BCUT2D eigenvalue weighted by molar-refractivity contribution is 5.46. The lowest BCUT2D eigenvalue weighted by Crippen LogP contribution is -2.19. The average molecular weight is 233 g/mol. The number of rotatable bonds is 5. The molecule has 90 valence electrons. The first-order chi connectivity index (χ1) is 8.38. The molecule has 0 spiro atoms. The summed E-state index contributed by atoms with van der Waals surface area (Å²) in [4.78, 5) is 8.12. The van der Waals surface area contributed by atoms with Gasteiger partial charge >= 0.3 is 0 Å². The van der Waals surface area contributed by atoms with Gasteiger partial charge in [-0.15, -0.1) is 0 Å². The van der Waals surface area contributed by atoms with Crippen LogP contribution in [0.3, 0.4) is 0 Å². The maximum atomic E-state index is 8.46. The summed E-state index contributed by atoms with van der Waals surface area (Å²) < 4.78 is 5.51. The van der Waals surface area contributed by atoms with Crippen molar-refractivity contribution in [3.8, 4) is 6.07 Å². The largest absolute Gasteiger partial charge is 0.376 e. The minimum Gasteiger partial charge on any atom is -0.376 e. The lowest BCUT2D eigenvalue weighted by molar-refractivity contribution is 0.120. The lowest BCUT2D eigenvalue weighted by Gasteiger charge is -2.11. The van der Waals surface area contributed by atoms with E-state index in [-0.39, 0.29) is 12.6 Å². The van der Waals surface area contributed by atoms with Gasteiger partial charge in [-0.25, -0.2) is 9.97 Å². The van der Waals surface area contributed by atoms with Gasteiger partial charge in [0, 0.05) is 19.2 Å². The standard InChI is InChI=1S/C11H15N5O/c12-3-4-13-10-6-11(16-8-15-10)14-7-9-2-1-5-17-9/h6,8-9H,1-2,4-5,7H2,(H2,13,14,15,16). The van der Waals surface area contributed by atoms with Gasteiger partial charge in [-0.3, -0.25) is 0 Å². The van der Waals surface area contributed by atoms with E-state index in [4.69, 9.17) is 10.00 Å². The van der Waals surface area contributed by atoms with Crippen molar-refractivity contribution >= 4 is 11.6 Å². The predicted octanol–water partition coefficient (Wildman–Crippen LogP) is 1.00. The Balaban J connectivity index is 1.85. The van der Waals surface area contributed by atoms with Crippen LogP contribution in [0, 0.1) is 11.3 Å². The van der Waals surface area contributed by atoms with Crippen molar-refractivity contribution in [3.05, 3.63) is 12.4 Å². The van der Waals surface area contributed by atoms with Crippen molar-refractivity contribution in [1.29, 1.82) is 5.26 Å². The van der Waals surface area contributed by atoms with Crippen molar-refractivity contribution in [2.75, 3.05) is 30.3 Å². The molecule has 0 radical (unpaired) electrons. The Morgan fingerprint density at radius 3 is 2.94 bits per heavy atom. The molecule has 2 heterocycles. The van der Waals surface area contributed by atoms with Gasteiger partial charge in [-0.1, -0.05) is 0 Å². The molecular formula is C11H15N5O. The van der Waals surface area contributed by atoms with Gasteiger partial charge in [-0.05, 0) is 12.8 Å². The highest BCUT2D eigenvalue weighted by Gasteiger charge is 2.14. The molecule has 17 heavy (non-hydrogen) atoms. The van der Waals surface area contributed by atoms with Gasteiger partial charge in [0.05, 0.1) is 12.2 Å². The Morgan fingerprint density at radius 2 is 2.24 bits per heavy atom. The van der Waals surface area contributed by atoms with E-state index >= 15 is 0 Å². The molecule has 0 bridgehead atoms. The monoisotopic (exact) mass is 233 g/mol. The molecule has 1 aliphatic rings. The number of hydrogen-bond acceptors (Lipinski definition) is 6. The van der Waals surface area contributed by atoms with Crippen LogP contribution in [0.1, 0.15) is 12.8 Å². The van der Waals surface area contributed by atoms with E-state index in [9.17, 15) is 0 Å². The molecule has 0 amide bonds. The quantitative estimate of drug-likeness (QED) is 0.738. The third-order valence-corrected chi connectivity index (χ3v) is 2.55. The summed E-state index contributed by atoms with van der Waals surface area (Å²) in [5.41, 5.74) is 0. The summed E-state index contributed by atoms with van der Waals surface area (Å²) in [5.74, 6) is 1.40. The van der Waals surface area contributed by atoms with Gasteiger partial charge in [0.1, 0.15) is 24.5 Å². The summed E-state index contributed by atoms with van der Waals surface area (Å²) >= 11 is 0. The van der Waals surface area contributed by atoms with Crippen LogP contribution in [0.5, 0.6) is 0 Å². The van der Waals surface area contributed by atoms with E-state index < -0.39 is 0 Å². The summed E-state index contributed by atoms with van der Waals surface area (Å²) in [5, 5.41) is 14.5. The van der Waals surface area contributed by atoms with Crippen molar-refractivity contribution in [2.24, 2.45) is 0 Å². The SMILES string of the molecule is N#CCNc1cc(NCC2CCCO2)ncn1. The molecule has 1 atom stereocenters. The third-order valence-electron chi connectivity index (χ3n) is 2.55. The van der Waals surface area contributed by atoms with Gasteiger partial charge in [-0.2, -0.15) is 5.26 Å². The van der Waals surface area contributed by atoms with Crippen LogP contribution in [-0.4, -0.2) is 35.8 Å². The summed E-state index contributed by atoms with van der Waals surface area (Å²) in [7, 11) is 0. The number of nitrogens with one attached hydrogen (secondary N) is 2. The number of nitrogens with zero attached hydrogens (tertiary/aromatic N) is 3. The zero-order chi connectivity index (χ0) is 11.9. The van der Waals surface area contributed by atoms with Crippen molar-refractivity contribution < 1.29 is 4.74 Å². The average Bonchev–Trinajstić information content (AvgIpc) is 2.87. The fourth-order valence-electron chi connectivity index (χ4n) is 1.70. The fraction of sp³-hybridized carbons (Fsp3) is 0.545. The number of hydrogen-bond donors (Lipinski definition) is 2. The molecule has 1 unspecified atom stereocenters. The summed E-state index contributed by atoms with van der Waals surface area (Å²) in [6.45, 7) is 1.85. The molecular weight excluding hydrogens is 218 g/mol. The predicted molar refractivity (Wildman–Crippen MR) is 63.6 cm³/mol. The topological polar surface area (TPSA) is 82.9 Å². The van der Waals surface area contributed by atoms with Gasteiger partial charge in [0.2, 0.25) is 0 Å². The lowest BCUT2D eigenvalue weighted by atomic mass is 10.2. The maximum absolute atomic E-state index is 8.46. The van der Waals surface area contributed by atoms with E-state index in [1.807, 2.05) is 6.07 Å². The van der Waals surface area contributed by atoms with Crippen molar-refractivity contribution in [2.45, 2.75) is 18.9 Å². The number of nitriles is 1. The van der Waals surface area contributed by atoms with E-state index in [1.54, 1.807) is 6.07 Å². The van der Waals surface area contributed by atoms with Gasteiger partial charge < -0.3 is 15.4 Å². The van der Waals surface area contributed by atoms with Crippen molar-refractivity contribution in [3.63, 3.8) is 0 Å². The summed E-state index contributed by atoms with van der Waals surface area (Å²) in [6, 6.07) is 3.78. The molecule has 1 aliphatic heterocycles. The Kier molecular flexibility index (Phi) is 4.11. The molecule has 2 rings (SSSR count). The second kappa shape index (κ2) is 6.01. The second-order valence-corrected chi connectivity index (χ2v) is 3.82. The minimum absolute atomic E-state index is 0.238. The highest BCUT2D eigenvalue weighted by Crippen LogP contribution is 2.13. The van der Waals surface area contributed by atoms with Gasteiger partial charge in [0.15, 0.2) is 0 Å². The number of anilines is 2. The Hall–Kier alpha value is -1.87. The molecule has 0 aromatic carbocycles. The molecule has 2 N–H and O–H groups in total. The number of ether oxygens (including phenoxy) is 1. The van der Waals surface area contributed by atoms with Crippen LogP contribution in [-0.2, 0) is 4.74 Å². The Morgan fingerprint density at radius 1 is 1.41 bits per heavy atom. The normalized spacial score (nSPS) is 18.6. The molecule has 6 nitrogen and oxygen atoms in total. The zero-order valence-corrected chi connectivity index (χ0v) is 9.52. The van der Waals surface area contributed by atoms with Crippen LogP contribution in [0.15, 0.2) is 12.4 Å². The van der Waals surface area contributed by atoms with E-state index in [1.165, 1.54) is 6.33 Å². The van der Waals surface area contributed by atoms with Crippen LogP contribution in [0.25, 0.3) is 0 Å². The molecule has 1 aromatic heterocycles. The van der Waals surface area contributed by atoms with E-state index in [2.05, 4.69) is 20.6 Å². The molecule has 1 aromatic rings. The van der Waals surface area contributed by atoms with Gasteiger partial charge in [0.25, 0.3) is 0 Å². The van der Waals surface area contributed by atoms with Crippen LogP contribution >= 0.6 is 0 Å². The minimum atomic E-state index is 0.238. The molecule has 6 heteroatoms. The first kappa shape index (κ1) is 11.6. The zero-order valence-electron chi connectivity index (χ0n) is 9.52.